The number of hydrogen-bond donors (Lipinski definition) is 1. The molecule has 0 heterocycles. The molecule has 2 aliphatic rings. The summed E-state index contributed by atoms with van der Waals surface area (Å²) in [4.78, 5) is 25.1. The highest BCUT2D eigenvalue weighted by atomic mass is 16.2. The van der Waals surface area contributed by atoms with Gasteiger partial charge in [0.2, 0.25) is 5.91 Å². The van der Waals surface area contributed by atoms with Gasteiger partial charge < -0.3 is 5.32 Å². The lowest BCUT2D eigenvalue weighted by molar-refractivity contribution is -0.133. The lowest BCUT2D eigenvalue weighted by atomic mass is 9.70. The predicted octanol–water partition coefficient (Wildman–Crippen LogP) is 3.97. The number of benzene rings is 1. The molecule has 2 aliphatic carbocycles. The maximum atomic E-state index is 12.8. The lowest BCUT2D eigenvalue weighted by Gasteiger charge is -2.32. The van der Waals surface area contributed by atoms with Crippen molar-refractivity contribution in [3.63, 3.8) is 0 Å². The summed E-state index contributed by atoms with van der Waals surface area (Å²) >= 11 is 0. The molecule has 0 aliphatic heterocycles. The molecule has 0 aromatic heterocycles. The molecule has 2 fully saturated rings. The van der Waals surface area contributed by atoms with E-state index in [1.54, 1.807) is 0 Å². The maximum Gasteiger partial charge on any atom is 0.225 e. The van der Waals surface area contributed by atoms with Crippen molar-refractivity contribution in [1.29, 1.82) is 0 Å². The van der Waals surface area contributed by atoms with E-state index in [2.05, 4.69) is 26.1 Å². The number of nitrogens with one attached hydrogen (secondary N) is 1. The van der Waals surface area contributed by atoms with Gasteiger partial charge in [0.25, 0.3) is 0 Å². The van der Waals surface area contributed by atoms with Crippen LogP contribution < -0.4 is 5.32 Å². The summed E-state index contributed by atoms with van der Waals surface area (Å²) in [7, 11) is 0. The minimum Gasteiger partial charge on any atom is -0.326 e. The topological polar surface area (TPSA) is 46.2 Å². The van der Waals surface area contributed by atoms with Crippen molar-refractivity contribution in [2.45, 2.75) is 47.0 Å². The van der Waals surface area contributed by atoms with E-state index in [1.807, 2.05) is 31.2 Å². The van der Waals surface area contributed by atoms with Crippen LogP contribution in [0.5, 0.6) is 0 Å². The summed E-state index contributed by atoms with van der Waals surface area (Å²) in [6, 6.07) is 7.76. The Morgan fingerprint density at radius 1 is 1.23 bits per heavy atom. The van der Waals surface area contributed by atoms with Gasteiger partial charge in [-0.15, -0.1) is 0 Å². The monoisotopic (exact) mass is 299 g/mol. The summed E-state index contributed by atoms with van der Waals surface area (Å²) in [6.45, 7) is 8.50. The number of amides is 1. The van der Waals surface area contributed by atoms with Gasteiger partial charge in [-0.1, -0.05) is 38.5 Å². The van der Waals surface area contributed by atoms with Gasteiger partial charge in [0, 0.05) is 23.4 Å². The van der Waals surface area contributed by atoms with E-state index < -0.39 is 0 Å². The molecule has 0 spiro atoms. The van der Waals surface area contributed by atoms with Crippen molar-refractivity contribution < 1.29 is 9.59 Å². The summed E-state index contributed by atoms with van der Waals surface area (Å²) in [5, 5.41) is 2.92. The summed E-state index contributed by atoms with van der Waals surface area (Å²) in [6.07, 6.45) is 2.35. The summed E-state index contributed by atoms with van der Waals surface area (Å²) in [5.41, 5.74) is 1.73. The molecule has 0 saturated heterocycles. The number of ketones is 1. The molecule has 2 bridgehead atoms. The molecule has 3 nitrogen and oxygen atoms in total. The Labute approximate surface area is 132 Å². The third kappa shape index (κ3) is 2.10. The van der Waals surface area contributed by atoms with E-state index in [9.17, 15) is 9.59 Å². The molecular weight excluding hydrogens is 274 g/mol. The molecule has 3 heteroatoms. The normalized spacial score (nSPS) is 32.3. The zero-order valence-electron chi connectivity index (χ0n) is 13.9. The number of carbonyl (C=O) groups excluding carboxylic acids is 2. The van der Waals surface area contributed by atoms with Crippen LogP contribution in [0.15, 0.2) is 24.3 Å². The van der Waals surface area contributed by atoms with Crippen LogP contribution in [0.3, 0.4) is 0 Å². The predicted molar refractivity (Wildman–Crippen MR) is 87.5 cm³/mol. The second-order valence-electron chi connectivity index (χ2n) is 7.79. The zero-order valence-corrected chi connectivity index (χ0v) is 13.9. The molecule has 3 atom stereocenters. The Bertz CT molecular complexity index is 617. The highest BCUT2D eigenvalue weighted by Gasteiger charge is 2.66. The lowest BCUT2D eigenvalue weighted by Crippen LogP contribution is -2.34. The van der Waals surface area contributed by atoms with Crippen molar-refractivity contribution in [2.75, 3.05) is 5.32 Å². The van der Waals surface area contributed by atoms with E-state index in [0.717, 1.165) is 24.1 Å². The third-order valence-corrected chi connectivity index (χ3v) is 6.41. The molecule has 3 rings (SSSR count). The Hall–Kier alpha value is -1.64. The van der Waals surface area contributed by atoms with E-state index in [4.69, 9.17) is 0 Å². The highest BCUT2D eigenvalue weighted by molar-refractivity contribution is 5.98. The molecule has 118 valence electrons. The number of anilines is 1. The smallest absolute Gasteiger partial charge is 0.225 e. The van der Waals surface area contributed by atoms with Gasteiger partial charge in [0.1, 0.15) is 5.78 Å². The number of Topliss-reactive ketones (excluding diaryl/α,β-unsaturated/α-hetero) is 1. The number of rotatable bonds is 3. The average molecular weight is 299 g/mol. The van der Waals surface area contributed by atoms with Gasteiger partial charge in [-0.3, -0.25) is 9.59 Å². The first kappa shape index (κ1) is 15.3. The molecule has 2 saturated carbocycles. The van der Waals surface area contributed by atoms with Crippen LogP contribution in [-0.2, 0) is 9.59 Å². The van der Waals surface area contributed by atoms with Gasteiger partial charge in [0.05, 0.1) is 0 Å². The third-order valence-electron chi connectivity index (χ3n) is 6.41. The number of hydrogen-bond acceptors (Lipinski definition) is 2. The first-order chi connectivity index (χ1) is 10.3. The minimum atomic E-state index is -0.244. The number of aryl methyl sites for hydroxylation is 1. The standard InChI is InChI=1S/C19H25NO2/c1-12-5-7-13(8-6-12)20-16(21)11-14-15-9-10-19(4,17(14)22)18(15,2)3/h5-8,14-15H,9-11H2,1-4H3,(H,20,21)/t14-,15-,19-/m1/s1. The van der Waals surface area contributed by atoms with Crippen molar-refractivity contribution in [2.24, 2.45) is 22.7 Å². The average Bonchev–Trinajstić information content (AvgIpc) is 2.76. The van der Waals surface area contributed by atoms with Crippen molar-refractivity contribution in [3.05, 3.63) is 29.8 Å². The van der Waals surface area contributed by atoms with Crippen LogP contribution in [0.1, 0.15) is 45.6 Å². The second kappa shape index (κ2) is 4.94. The van der Waals surface area contributed by atoms with Gasteiger partial charge >= 0.3 is 0 Å². The molecule has 1 aromatic rings. The SMILES string of the molecule is Cc1ccc(NC(=O)C[C@H]2C(=O)[C@@]3(C)CC[C@H]2C3(C)C)cc1. The first-order valence-electron chi connectivity index (χ1n) is 8.16. The fraction of sp³-hybridized carbons (Fsp3) is 0.579. The summed E-state index contributed by atoms with van der Waals surface area (Å²) < 4.78 is 0. The number of carbonyl (C=O) groups is 2. The van der Waals surface area contributed by atoms with Gasteiger partial charge in [-0.2, -0.15) is 0 Å². The van der Waals surface area contributed by atoms with Gasteiger partial charge in [0.15, 0.2) is 0 Å². The Morgan fingerprint density at radius 3 is 2.41 bits per heavy atom. The van der Waals surface area contributed by atoms with Crippen LogP contribution in [0.25, 0.3) is 0 Å². The molecule has 22 heavy (non-hydrogen) atoms. The first-order valence-corrected chi connectivity index (χ1v) is 8.16. The van der Waals surface area contributed by atoms with Crippen LogP contribution in [-0.4, -0.2) is 11.7 Å². The van der Waals surface area contributed by atoms with E-state index >= 15 is 0 Å². The van der Waals surface area contributed by atoms with Gasteiger partial charge in [-0.05, 0) is 43.2 Å². The zero-order chi connectivity index (χ0) is 16.1. The molecule has 0 radical (unpaired) electrons. The minimum absolute atomic E-state index is 0.0128. The van der Waals surface area contributed by atoms with Crippen LogP contribution in [0.4, 0.5) is 5.69 Å². The van der Waals surface area contributed by atoms with E-state index in [-0.39, 0.29) is 22.7 Å². The molecule has 1 N–H and O–H groups in total. The fourth-order valence-electron chi connectivity index (χ4n) is 4.56. The molecule has 0 unspecified atom stereocenters. The van der Waals surface area contributed by atoms with Crippen LogP contribution >= 0.6 is 0 Å². The molecule has 1 amide bonds. The van der Waals surface area contributed by atoms with E-state index in [0.29, 0.717) is 18.1 Å². The highest BCUT2D eigenvalue weighted by Crippen LogP contribution is 2.66. The maximum absolute atomic E-state index is 12.8. The molecular formula is C19H25NO2. The second-order valence-corrected chi connectivity index (χ2v) is 7.79. The molecule has 1 aromatic carbocycles. The van der Waals surface area contributed by atoms with Gasteiger partial charge in [-0.25, -0.2) is 0 Å². The quantitative estimate of drug-likeness (QED) is 0.918. The van der Waals surface area contributed by atoms with Crippen molar-refractivity contribution >= 4 is 17.4 Å². The Kier molecular flexibility index (Phi) is 3.42. The van der Waals surface area contributed by atoms with E-state index in [1.165, 1.54) is 0 Å². The Balaban J connectivity index is 1.70. The van der Waals surface area contributed by atoms with Crippen LogP contribution in [0, 0.1) is 29.6 Å². The number of fused-ring (bicyclic) bond motifs is 2. The Morgan fingerprint density at radius 2 is 1.86 bits per heavy atom. The van der Waals surface area contributed by atoms with Crippen molar-refractivity contribution in [3.8, 4) is 0 Å². The van der Waals surface area contributed by atoms with Crippen LogP contribution in [0.2, 0.25) is 0 Å². The summed E-state index contributed by atoms with van der Waals surface area (Å²) in [5.74, 6) is 0.481. The van der Waals surface area contributed by atoms with Crippen molar-refractivity contribution in [1.82, 2.24) is 0 Å². The largest absolute Gasteiger partial charge is 0.326 e. The fourth-order valence-corrected chi connectivity index (χ4v) is 4.56.